The molecule has 7 N–H and O–H groups in total. The molecular formula is C22H49N2O6P. The zero-order valence-electron chi connectivity index (χ0n) is 19.7. The lowest BCUT2D eigenvalue weighted by Crippen LogP contribution is -2.29. The summed E-state index contributed by atoms with van der Waals surface area (Å²) in [4.78, 5) is 27.2. The average molecular weight is 469 g/mol. The third kappa shape index (κ3) is 31.8. The van der Waals surface area contributed by atoms with Crippen LogP contribution in [-0.4, -0.2) is 40.1 Å². The molecule has 0 saturated heterocycles. The van der Waals surface area contributed by atoms with Crippen molar-refractivity contribution < 1.29 is 28.8 Å². The monoisotopic (exact) mass is 468 g/mol. The van der Waals surface area contributed by atoms with Gasteiger partial charge in [0.25, 0.3) is 0 Å². The van der Waals surface area contributed by atoms with E-state index in [1.165, 1.54) is 70.6 Å². The Bertz CT molecular complexity index is 434. The standard InChI is InChI=1S/C16H35O4P.C6H14N2O2/c1-2-3-4-5-6-7-8-9-10-11-12-13-14-15-16-20-21(17,18)19;7-4-2-1-3-5(8)6(9)10/h2-16H2,1H3,(H2,17,18,19);5H,1-4,7-8H2,(H,9,10)/t;5-/m.0/s1. The number of carbonyl (C=O) groups is 1. The Hall–Kier alpha value is -0.500. The Morgan fingerprint density at radius 3 is 1.58 bits per heavy atom. The molecule has 0 aliphatic heterocycles. The highest BCUT2D eigenvalue weighted by atomic mass is 31.2. The van der Waals surface area contributed by atoms with E-state index in [9.17, 15) is 9.36 Å². The molecule has 188 valence electrons. The number of hydrogen-bond acceptors (Lipinski definition) is 5. The molecule has 0 aromatic rings. The number of rotatable bonds is 21. The first-order valence-electron chi connectivity index (χ1n) is 12.1. The Morgan fingerprint density at radius 1 is 0.806 bits per heavy atom. The topological polar surface area (TPSA) is 156 Å². The van der Waals surface area contributed by atoms with Crippen molar-refractivity contribution in [1.29, 1.82) is 0 Å². The lowest BCUT2D eigenvalue weighted by Gasteiger charge is -2.05. The van der Waals surface area contributed by atoms with Crippen LogP contribution in [0.1, 0.15) is 116 Å². The molecule has 0 radical (unpaired) electrons. The second-order valence-electron chi connectivity index (χ2n) is 8.15. The molecule has 0 amide bonds. The number of carboxylic acids is 1. The van der Waals surface area contributed by atoms with Crippen molar-refractivity contribution in [3.63, 3.8) is 0 Å². The van der Waals surface area contributed by atoms with E-state index in [0.29, 0.717) is 13.0 Å². The summed E-state index contributed by atoms with van der Waals surface area (Å²) in [5.41, 5.74) is 10.4. The van der Waals surface area contributed by atoms with Crippen LogP contribution in [-0.2, 0) is 13.9 Å². The summed E-state index contributed by atoms with van der Waals surface area (Å²) in [6.45, 7) is 3.03. The highest BCUT2D eigenvalue weighted by Crippen LogP contribution is 2.35. The lowest BCUT2D eigenvalue weighted by molar-refractivity contribution is -0.138. The van der Waals surface area contributed by atoms with Crippen LogP contribution in [0.25, 0.3) is 0 Å². The SMILES string of the molecule is CCCCCCCCCCCCCCCCOP(=O)(O)O.NCCCC[C@H](N)C(=O)O. The molecule has 31 heavy (non-hydrogen) atoms. The van der Waals surface area contributed by atoms with Crippen LogP contribution in [0.15, 0.2) is 0 Å². The molecule has 9 heteroatoms. The number of carboxylic acid groups (broad SMARTS) is 1. The molecule has 0 aliphatic rings. The van der Waals surface area contributed by atoms with E-state index in [1.807, 2.05) is 0 Å². The molecular weight excluding hydrogens is 419 g/mol. The summed E-state index contributed by atoms with van der Waals surface area (Å²) in [6, 6.07) is -0.716. The third-order valence-corrected chi connectivity index (χ3v) is 5.56. The molecule has 0 unspecified atom stereocenters. The van der Waals surface area contributed by atoms with Gasteiger partial charge in [0, 0.05) is 0 Å². The van der Waals surface area contributed by atoms with E-state index in [0.717, 1.165) is 32.1 Å². The number of unbranched alkanes of at least 4 members (excludes halogenated alkanes) is 14. The van der Waals surface area contributed by atoms with Gasteiger partial charge in [0.2, 0.25) is 0 Å². The molecule has 0 bridgehead atoms. The minimum Gasteiger partial charge on any atom is -0.480 e. The predicted molar refractivity (Wildman–Crippen MR) is 127 cm³/mol. The van der Waals surface area contributed by atoms with Gasteiger partial charge < -0.3 is 26.4 Å². The molecule has 8 nitrogen and oxygen atoms in total. The van der Waals surface area contributed by atoms with Crippen molar-refractivity contribution in [1.82, 2.24) is 0 Å². The largest absolute Gasteiger partial charge is 0.480 e. The molecule has 0 aliphatic carbocycles. The van der Waals surface area contributed by atoms with E-state index in [-0.39, 0.29) is 6.61 Å². The average Bonchev–Trinajstić information content (AvgIpc) is 2.70. The second-order valence-corrected chi connectivity index (χ2v) is 9.39. The highest BCUT2D eigenvalue weighted by Gasteiger charge is 2.12. The maximum Gasteiger partial charge on any atom is 0.469 e. The van der Waals surface area contributed by atoms with Crippen molar-refractivity contribution in [2.45, 2.75) is 122 Å². The number of phosphoric acid groups is 1. The first-order chi connectivity index (χ1) is 14.7. The first kappa shape index (κ1) is 32.7. The molecule has 0 aromatic carbocycles. The van der Waals surface area contributed by atoms with Crippen molar-refractivity contribution >= 4 is 13.8 Å². The van der Waals surface area contributed by atoms with Gasteiger partial charge in [-0.05, 0) is 25.8 Å². The van der Waals surface area contributed by atoms with Crippen LogP contribution in [0.5, 0.6) is 0 Å². The van der Waals surface area contributed by atoms with Crippen LogP contribution in [0, 0.1) is 0 Å². The molecule has 0 aromatic heterocycles. The Labute approximate surface area is 189 Å². The number of hydrogen-bond donors (Lipinski definition) is 5. The number of aliphatic carboxylic acids is 1. The van der Waals surface area contributed by atoms with Crippen molar-refractivity contribution in [2.24, 2.45) is 11.5 Å². The van der Waals surface area contributed by atoms with E-state index >= 15 is 0 Å². The predicted octanol–water partition coefficient (Wildman–Crippen LogP) is 5.10. The van der Waals surface area contributed by atoms with Gasteiger partial charge in [-0.2, -0.15) is 0 Å². The van der Waals surface area contributed by atoms with Gasteiger partial charge in [-0.1, -0.05) is 96.8 Å². The summed E-state index contributed by atoms with van der Waals surface area (Å²) in [5, 5.41) is 8.33. The van der Waals surface area contributed by atoms with Gasteiger partial charge in [0.05, 0.1) is 6.61 Å². The van der Waals surface area contributed by atoms with Crippen LogP contribution in [0.2, 0.25) is 0 Å². The maximum atomic E-state index is 10.4. The van der Waals surface area contributed by atoms with Gasteiger partial charge in [-0.15, -0.1) is 0 Å². The van der Waals surface area contributed by atoms with Gasteiger partial charge in [-0.3, -0.25) is 9.32 Å². The quantitative estimate of drug-likeness (QED) is 0.115. The summed E-state index contributed by atoms with van der Waals surface area (Å²) in [7, 11) is -4.25. The molecule has 0 rings (SSSR count). The van der Waals surface area contributed by atoms with Crippen LogP contribution >= 0.6 is 7.82 Å². The van der Waals surface area contributed by atoms with Crippen molar-refractivity contribution in [3.8, 4) is 0 Å². The second kappa shape index (κ2) is 24.1. The molecule has 0 fully saturated rings. The lowest BCUT2D eigenvalue weighted by atomic mass is 10.0. The highest BCUT2D eigenvalue weighted by molar-refractivity contribution is 7.46. The maximum absolute atomic E-state index is 10.4. The minimum atomic E-state index is -4.25. The Morgan fingerprint density at radius 2 is 1.23 bits per heavy atom. The van der Waals surface area contributed by atoms with Crippen molar-refractivity contribution in [2.75, 3.05) is 13.2 Å². The fourth-order valence-corrected chi connectivity index (χ4v) is 3.48. The summed E-state index contributed by atoms with van der Waals surface area (Å²) in [5.74, 6) is -0.933. The van der Waals surface area contributed by atoms with Crippen LogP contribution in [0.4, 0.5) is 0 Å². The van der Waals surface area contributed by atoms with E-state index < -0.39 is 19.8 Å². The van der Waals surface area contributed by atoms with E-state index in [2.05, 4.69) is 11.4 Å². The minimum absolute atomic E-state index is 0.169. The smallest absolute Gasteiger partial charge is 0.469 e. The molecule has 1 atom stereocenters. The normalized spacial score (nSPS) is 12.3. The van der Waals surface area contributed by atoms with Gasteiger partial charge >= 0.3 is 13.8 Å². The Balaban J connectivity index is 0. The van der Waals surface area contributed by atoms with Gasteiger partial charge in [-0.25, -0.2) is 4.57 Å². The zero-order valence-corrected chi connectivity index (χ0v) is 20.6. The van der Waals surface area contributed by atoms with Crippen molar-refractivity contribution in [3.05, 3.63) is 0 Å². The fraction of sp³-hybridized carbons (Fsp3) is 0.955. The summed E-state index contributed by atoms with van der Waals surface area (Å²) >= 11 is 0. The molecule has 0 spiro atoms. The zero-order chi connectivity index (χ0) is 23.8. The summed E-state index contributed by atoms with van der Waals surface area (Å²) < 4.78 is 14.8. The van der Waals surface area contributed by atoms with E-state index in [4.69, 9.17) is 26.4 Å². The van der Waals surface area contributed by atoms with E-state index in [1.54, 1.807) is 0 Å². The molecule has 0 saturated carbocycles. The third-order valence-electron chi connectivity index (χ3n) is 5.04. The fourth-order valence-electron chi connectivity index (χ4n) is 3.11. The number of phosphoric ester groups is 1. The number of nitrogens with two attached hydrogens (primary N) is 2. The Kier molecular flexibility index (Phi) is 25.5. The summed E-state index contributed by atoms with van der Waals surface area (Å²) in [6.07, 6.45) is 19.9. The van der Waals surface area contributed by atoms with Crippen LogP contribution < -0.4 is 11.5 Å². The van der Waals surface area contributed by atoms with Gasteiger partial charge in [0.1, 0.15) is 6.04 Å². The van der Waals surface area contributed by atoms with Crippen LogP contribution in [0.3, 0.4) is 0 Å². The first-order valence-corrected chi connectivity index (χ1v) is 13.7. The van der Waals surface area contributed by atoms with Gasteiger partial charge in [0.15, 0.2) is 0 Å². The molecule has 0 heterocycles.